The molecule has 0 aromatic rings. The Morgan fingerprint density at radius 3 is 1.68 bits per heavy atom. The summed E-state index contributed by atoms with van der Waals surface area (Å²) >= 11 is 0. The van der Waals surface area contributed by atoms with Gasteiger partial charge in [0.1, 0.15) is 0 Å². The number of nitrogens with one attached hydrogen (secondary N) is 1. The molecule has 116 valence electrons. The van der Waals surface area contributed by atoms with Crippen LogP contribution in [0.4, 0.5) is 0 Å². The zero-order chi connectivity index (χ0) is 14.8. The van der Waals surface area contributed by atoms with E-state index in [0.717, 1.165) is 12.8 Å². The molecular formula is C16H35NO2. The van der Waals surface area contributed by atoms with Crippen LogP contribution >= 0.6 is 0 Å². The molecule has 0 bridgehead atoms. The van der Waals surface area contributed by atoms with Crippen molar-refractivity contribution in [3.05, 3.63) is 0 Å². The third kappa shape index (κ3) is 26.9. The Bertz CT molecular complexity index is 168. The Labute approximate surface area is 120 Å². The van der Waals surface area contributed by atoms with E-state index < -0.39 is 5.97 Å². The topological polar surface area (TPSA) is 49.3 Å². The Morgan fingerprint density at radius 2 is 1.26 bits per heavy atom. The van der Waals surface area contributed by atoms with E-state index in [0.29, 0.717) is 6.42 Å². The van der Waals surface area contributed by atoms with Gasteiger partial charge in [-0.3, -0.25) is 4.79 Å². The maximum absolute atomic E-state index is 10.1. The minimum absolute atomic E-state index is 0.341. The van der Waals surface area contributed by atoms with Crippen molar-refractivity contribution in [1.29, 1.82) is 0 Å². The third-order valence-corrected chi connectivity index (χ3v) is 2.85. The number of carbonyl (C=O) groups is 1. The van der Waals surface area contributed by atoms with Crippen molar-refractivity contribution in [2.24, 2.45) is 0 Å². The number of carboxylic acids is 1. The highest BCUT2D eigenvalue weighted by atomic mass is 16.4. The fourth-order valence-electron chi connectivity index (χ4n) is 1.71. The average molecular weight is 273 g/mol. The minimum atomic E-state index is -0.663. The number of hydrogen-bond donors (Lipinski definition) is 2. The summed E-state index contributed by atoms with van der Waals surface area (Å²) in [6, 6.07) is 0. The van der Waals surface area contributed by atoms with Crippen LogP contribution in [0.1, 0.15) is 85.0 Å². The van der Waals surface area contributed by atoms with Gasteiger partial charge in [0.15, 0.2) is 0 Å². The Kier molecular flexibility index (Phi) is 21.6. The molecule has 0 radical (unpaired) electrons. The largest absolute Gasteiger partial charge is 0.481 e. The third-order valence-electron chi connectivity index (χ3n) is 2.85. The monoisotopic (exact) mass is 273 g/mol. The van der Waals surface area contributed by atoms with Gasteiger partial charge in [-0.15, -0.1) is 0 Å². The van der Waals surface area contributed by atoms with Crippen molar-refractivity contribution in [1.82, 2.24) is 5.32 Å². The molecule has 0 aromatic heterocycles. The molecule has 0 saturated heterocycles. The lowest BCUT2D eigenvalue weighted by molar-refractivity contribution is -0.137. The summed E-state index contributed by atoms with van der Waals surface area (Å²) in [5.41, 5.74) is 0. The van der Waals surface area contributed by atoms with Gasteiger partial charge < -0.3 is 10.4 Å². The van der Waals surface area contributed by atoms with E-state index >= 15 is 0 Å². The molecule has 0 heterocycles. The van der Waals surface area contributed by atoms with E-state index in [2.05, 4.69) is 26.1 Å². The molecule has 0 aliphatic rings. The number of aliphatic carboxylic acids is 1. The van der Waals surface area contributed by atoms with Crippen molar-refractivity contribution >= 4 is 5.97 Å². The van der Waals surface area contributed by atoms with E-state index in [9.17, 15) is 4.79 Å². The predicted molar refractivity (Wildman–Crippen MR) is 83.7 cm³/mol. The lowest BCUT2D eigenvalue weighted by Crippen LogP contribution is -2.14. The molecule has 2 N–H and O–H groups in total. The standard InChI is InChI=1S/C10H20O2.C6H15N/c1-2-3-4-5-6-7-8-9-10(11)12;1-3-5-7-6-4-2/h2-9H2,1H3,(H,11,12);7H,3-6H2,1-2H3. The number of rotatable bonds is 12. The van der Waals surface area contributed by atoms with Crippen LogP contribution in [0.2, 0.25) is 0 Å². The SMILES string of the molecule is CCCCCCCCCC(=O)O.CCCNCCC. The van der Waals surface area contributed by atoms with Crippen LogP contribution < -0.4 is 5.32 Å². The van der Waals surface area contributed by atoms with Gasteiger partial charge in [-0.25, -0.2) is 0 Å². The lowest BCUT2D eigenvalue weighted by Gasteiger charge is -1.98. The molecular weight excluding hydrogens is 238 g/mol. The van der Waals surface area contributed by atoms with E-state index in [1.807, 2.05) is 0 Å². The van der Waals surface area contributed by atoms with Crippen molar-refractivity contribution in [2.45, 2.75) is 85.0 Å². The van der Waals surface area contributed by atoms with Crippen LogP contribution in [0.3, 0.4) is 0 Å². The number of carboxylic acid groups (broad SMARTS) is 1. The minimum Gasteiger partial charge on any atom is -0.481 e. The molecule has 0 unspecified atom stereocenters. The van der Waals surface area contributed by atoms with E-state index in [1.165, 1.54) is 58.0 Å². The summed E-state index contributed by atoms with van der Waals surface area (Å²) in [6.45, 7) is 8.91. The van der Waals surface area contributed by atoms with E-state index in [4.69, 9.17) is 5.11 Å². The van der Waals surface area contributed by atoms with Gasteiger partial charge in [-0.1, -0.05) is 59.3 Å². The van der Waals surface area contributed by atoms with Crippen LogP contribution in [0, 0.1) is 0 Å². The second kappa shape index (κ2) is 19.8. The second-order valence-electron chi connectivity index (χ2n) is 5.02. The van der Waals surface area contributed by atoms with Crippen LogP contribution in [-0.4, -0.2) is 24.2 Å². The molecule has 0 aliphatic carbocycles. The number of hydrogen-bond acceptors (Lipinski definition) is 2. The lowest BCUT2D eigenvalue weighted by atomic mass is 10.1. The first-order valence-corrected chi connectivity index (χ1v) is 8.11. The van der Waals surface area contributed by atoms with Crippen molar-refractivity contribution < 1.29 is 9.90 Å². The van der Waals surface area contributed by atoms with Gasteiger partial charge in [0, 0.05) is 6.42 Å². The van der Waals surface area contributed by atoms with Gasteiger partial charge in [-0.05, 0) is 32.4 Å². The maximum atomic E-state index is 10.1. The summed E-state index contributed by atoms with van der Waals surface area (Å²) < 4.78 is 0. The molecule has 0 aliphatic heterocycles. The molecule has 0 saturated carbocycles. The first kappa shape index (κ1) is 20.7. The number of unbranched alkanes of at least 4 members (excludes halogenated alkanes) is 6. The first-order chi connectivity index (χ1) is 9.18. The molecule has 0 rings (SSSR count). The van der Waals surface area contributed by atoms with Gasteiger partial charge >= 0.3 is 5.97 Å². The summed E-state index contributed by atoms with van der Waals surface area (Å²) in [6.07, 6.45) is 11.1. The summed E-state index contributed by atoms with van der Waals surface area (Å²) in [5.74, 6) is -0.663. The highest BCUT2D eigenvalue weighted by Gasteiger charge is 1.95. The Hall–Kier alpha value is -0.570. The van der Waals surface area contributed by atoms with Crippen molar-refractivity contribution in [3.8, 4) is 0 Å². The average Bonchev–Trinajstić information content (AvgIpc) is 2.39. The zero-order valence-electron chi connectivity index (χ0n) is 13.3. The Morgan fingerprint density at radius 1 is 0.789 bits per heavy atom. The smallest absolute Gasteiger partial charge is 0.303 e. The zero-order valence-corrected chi connectivity index (χ0v) is 13.3. The summed E-state index contributed by atoms with van der Waals surface area (Å²) in [5, 5.41) is 11.6. The highest BCUT2D eigenvalue weighted by molar-refractivity contribution is 5.66. The summed E-state index contributed by atoms with van der Waals surface area (Å²) in [4.78, 5) is 10.1. The molecule has 0 spiro atoms. The fourth-order valence-corrected chi connectivity index (χ4v) is 1.71. The van der Waals surface area contributed by atoms with Crippen LogP contribution in [0.15, 0.2) is 0 Å². The predicted octanol–water partition coefficient (Wildman–Crippen LogP) is 4.61. The van der Waals surface area contributed by atoms with Gasteiger partial charge in [0.25, 0.3) is 0 Å². The Balaban J connectivity index is 0. The first-order valence-electron chi connectivity index (χ1n) is 8.11. The van der Waals surface area contributed by atoms with Crippen molar-refractivity contribution in [3.63, 3.8) is 0 Å². The van der Waals surface area contributed by atoms with Gasteiger partial charge in [0.2, 0.25) is 0 Å². The maximum Gasteiger partial charge on any atom is 0.303 e. The highest BCUT2D eigenvalue weighted by Crippen LogP contribution is 2.07. The van der Waals surface area contributed by atoms with Crippen LogP contribution in [0.25, 0.3) is 0 Å². The fraction of sp³-hybridized carbons (Fsp3) is 0.938. The normalized spacial score (nSPS) is 9.84. The van der Waals surface area contributed by atoms with E-state index in [1.54, 1.807) is 0 Å². The van der Waals surface area contributed by atoms with Crippen molar-refractivity contribution in [2.75, 3.05) is 13.1 Å². The molecule has 0 aromatic carbocycles. The summed E-state index contributed by atoms with van der Waals surface area (Å²) in [7, 11) is 0. The molecule has 3 heteroatoms. The molecule has 0 fully saturated rings. The quantitative estimate of drug-likeness (QED) is 0.511. The van der Waals surface area contributed by atoms with Gasteiger partial charge in [-0.2, -0.15) is 0 Å². The second-order valence-corrected chi connectivity index (χ2v) is 5.02. The van der Waals surface area contributed by atoms with Crippen LogP contribution in [0.5, 0.6) is 0 Å². The van der Waals surface area contributed by atoms with E-state index in [-0.39, 0.29) is 0 Å². The molecule has 19 heavy (non-hydrogen) atoms. The van der Waals surface area contributed by atoms with Gasteiger partial charge in [0.05, 0.1) is 0 Å². The molecule has 0 amide bonds. The molecule has 3 nitrogen and oxygen atoms in total. The molecule has 0 atom stereocenters. The van der Waals surface area contributed by atoms with Crippen LogP contribution in [-0.2, 0) is 4.79 Å².